The summed E-state index contributed by atoms with van der Waals surface area (Å²) in [5.41, 5.74) is 2.13. The highest BCUT2D eigenvalue weighted by molar-refractivity contribution is 6.29. The number of carbonyl (C=O) groups excluding carboxylic acids is 1. The lowest BCUT2D eigenvalue weighted by atomic mass is 10.2. The molecule has 0 atom stereocenters. The van der Waals surface area contributed by atoms with Crippen LogP contribution in [-0.4, -0.2) is 43.6 Å². The minimum absolute atomic E-state index is 0.00744. The number of nitrogens with one attached hydrogen (secondary N) is 3. The third-order valence-corrected chi connectivity index (χ3v) is 4.04. The summed E-state index contributed by atoms with van der Waals surface area (Å²) in [6.45, 7) is 3.77. The lowest BCUT2D eigenvalue weighted by molar-refractivity contribution is -0.122. The van der Waals surface area contributed by atoms with Crippen molar-refractivity contribution < 1.29 is 9.53 Å². The number of benzene rings is 1. The molecule has 28 heavy (non-hydrogen) atoms. The molecule has 0 aliphatic heterocycles. The first-order valence-electron chi connectivity index (χ1n) is 9.14. The summed E-state index contributed by atoms with van der Waals surface area (Å²) in [6.07, 6.45) is 2.58. The molecule has 0 saturated heterocycles. The Morgan fingerprint density at radius 3 is 2.75 bits per heavy atom. The average molecular weight is 404 g/mol. The van der Waals surface area contributed by atoms with Crippen molar-refractivity contribution in [3.05, 3.63) is 58.9 Å². The quantitative estimate of drug-likeness (QED) is 0.339. The summed E-state index contributed by atoms with van der Waals surface area (Å²) < 4.78 is 5.52. The molecule has 1 aromatic heterocycles. The van der Waals surface area contributed by atoms with Crippen LogP contribution in [0.15, 0.2) is 47.6 Å². The molecule has 7 nitrogen and oxygen atoms in total. The fraction of sp³-hybridized carbons (Fsp3) is 0.350. The molecule has 1 amide bonds. The largest absolute Gasteiger partial charge is 0.484 e. The van der Waals surface area contributed by atoms with Gasteiger partial charge in [0.15, 0.2) is 12.6 Å². The van der Waals surface area contributed by atoms with E-state index in [1.54, 1.807) is 19.3 Å². The zero-order valence-electron chi connectivity index (χ0n) is 16.2. The monoisotopic (exact) mass is 403 g/mol. The van der Waals surface area contributed by atoms with E-state index in [2.05, 4.69) is 25.9 Å². The fourth-order valence-corrected chi connectivity index (χ4v) is 2.54. The van der Waals surface area contributed by atoms with Crippen molar-refractivity contribution in [2.45, 2.75) is 19.9 Å². The molecule has 0 fully saturated rings. The van der Waals surface area contributed by atoms with Gasteiger partial charge in [-0.05, 0) is 42.7 Å². The number of halogens is 1. The zero-order chi connectivity index (χ0) is 20.2. The number of hydrogen-bond donors (Lipinski definition) is 3. The smallest absolute Gasteiger partial charge is 0.257 e. The van der Waals surface area contributed by atoms with Crippen molar-refractivity contribution in [2.75, 3.05) is 26.7 Å². The number of pyridine rings is 1. The number of amides is 1. The maximum atomic E-state index is 11.5. The zero-order valence-corrected chi connectivity index (χ0v) is 16.9. The number of guanidine groups is 1. The van der Waals surface area contributed by atoms with E-state index in [1.165, 1.54) is 0 Å². The Labute approximate surface area is 170 Å². The molecule has 3 N–H and O–H groups in total. The third kappa shape index (κ3) is 7.84. The molecule has 150 valence electrons. The number of ether oxygens (including phenoxy) is 1. The second-order valence-corrected chi connectivity index (χ2v) is 6.37. The molecule has 1 aromatic carbocycles. The second kappa shape index (κ2) is 11.8. The van der Waals surface area contributed by atoms with Gasteiger partial charge in [-0.2, -0.15) is 0 Å². The summed E-state index contributed by atoms with van der Waals surface area (Å²) in [5.74, 6) is 1.23. The number of rotatable bonds is 9. The summed E-state index contributed by atoms with van der Waals surface area (Å²) in [5, 5.41) is 9.72. The first-order chi connectivity index (χ1) is 13.6. The molecule has 1 heterocycles. The van der Waals surface area contributed by atoms with Crippen LogP contribution in [0.25, 0.3) is 0 Å². The number of nitrogens with zero attached hydrogens (tertiary/aromatic N) is 2. The van der Waals surface area contributed by atoms with Gasteiger partial charge in [-0.1, -0.05) is 29.8 Å². The van der Waals surface area contributed by atoms with E-state index in [4.69, 9.17) is 16.3 Å². The van der Waals surface area contributed by atoms with Gasteiger partial charge < -0.3 is 20.7 Å². The van der Waals surface area contributed by atoms with E-state index in [0.717, 1.165) is 24.1 Å². The Balaban J connectivity index is 1.77. The molecule has 0 unspecified atom stereocenters. The van der Waals surface area contributed by atoms with E-state index in [1.807, 2.05) is 37.3 Å². The molecule has 0 radical (unpaired) electrons. The van der Waals surface area contributed by atoms with Gasteiger partial charge in [0.05, 0.1) is 0 Å². The van der Waals surface area contributed by atoms with Crippen molar-refractivity contribution in [1.29, 1.82) is 0 Å². The lowest BCUT2D eigenvalue weighted by Crippen LogP contribution is -2.37. The van der Waals surface area contributed by atoms with E-state index in [9.17, 15) is 4.79 Å². The maximum absolute atomic E-state index is 11.5. The molecule has 2 rings (SSSR count). The van der Waals surface area contributed by atoms with Crippen LogP contribution < -0.4 is 20.7 Å². The Morgan fingerprint density at radius 1 is 1.18 bits per heavy atom. The Bertz CT molecular complexity index is 780. The highest BCUT2D eigenvalue weighted by atomic mass is 35.5. The third-order valence-electron chi connectivity index (χ3n) is 3.82. The number of aromatic nitrogens is 1. The van der Waals surface area contributed by atoms with Crippen LogP contribution in [-0.2, 0) is 17.8 Å². The molecule has 8 heteroatoms. The summed E-state index contributed by atoms with van der Waals surface area (Å²) in [7, 11) is 1.73. The number of aliphatic imine (C=N–C) groups is 1. The van der Waals surface area contributed by atoms with Crippen LogP contribution >= 0.6 is 11.6 Å². The van der Waals surface area contributed by atoms with E-state index in [0.29, 0.717) is 30.0 Å². The van der Waals surface area contributed by atoms with Crippen molar-refractivity contribution >= 4 is 23.5 Å². The summed E-state index contributed by atoms with van der Waals surface area (Å²) in [4.78, 5) is 19.8. The molecule has 0 spiro atoms. The summed E-state index contributed by atoms with van der Waals surface area (Å²) in [6, 6.07) is 11.4. The molecule has 2 aromatic rings. The molecule has 0 aliphatic rings. The molecule has 0 aliphatic carbocycles. The maximum Gasteiger partial charge on any atom is 0.257 e. The van der Waals surface area contributed by atoms with Crippen molar-refractivity contribution in [1.82, 2.24) is 20.9 Å². The first-order valence-corrected chi connectivity index (χ1v) is 9.52. The predicted molar refractivity (Wildman–Crippen MR) is 112 cm³/mol. The average Bonchev–Trinajstić information content (AvgIpc) is 2.71. The van der Waals surface area contributed by atoms with Crippen LogP contribution in [0.2, 0.25) is 5.15 Å². The Morgan fingerprint density at radius 2 is 2.04 bits per heavy atom. The van der Waals surface area contributed by atoms with Gasteiger partial charge in [0.25, 0.3) is 5.91 Å². The van der Waals surface area contributed by atoms with Crippen molar-refractivity contribution in [2.24, 2.45) is 4.99 Å². The van der Waals surface area contributed by atoms with Crippen LogP contribution in [0.3, 0.4) is 0 Å². The van der Waals surface area contributed by atoms with Crippen molar-refractivity contribution in [3.63, 3.8) is 0 Å². The molecule has 0 saturated carbocycles. The van der Waals surface area contributed by atoms with Gasteiger partial charge in [0.1, 0.15) is 10.9 Å². The highest BCUT2D eigenvalue weighted by Gasteiger charge is 2.03. The number of carbonyl (C=O) groups is 1. The van der Waals surface area contributed by atoms with E-state index in [-0.39, 0.29) is 12.5 Å². The number of likely N-dealkylation sites (N-methyl/N-ethyl adjacent to an activating group) is 1. The SMILES string of the molecule is CCNC(=O)COc1cccc(CNC(=NC)NCCc2ccc(Cl)nc2)c1. The normalized spacial score (nSPS) is 11.0. The summed E-state index contributed by atoms with van der Waals surface area (Å²) >= 11 is 5.79. The minimum atomic E-state index is -0.133. The second-order valence-electron chi connectivity index (χ2n) is 5.98. The van der Waals surface area contributed by atoms with Crippen LogP contribution in [0.5, 0.6) is 5.75 Å². The molecular formula is C20H26ClN5O2. The van der Waals surface area contributed by atoms with Crippen molar-refractivity contribution in [3.8, 4) is 5.75 Å². The number of hydrogen-bond acceptors (Lipinski definition) is 4. The first kappa shape index (κ1) is 21.5. The van der Waals surface area contributed by atoms with E-state index >= 15 is 0 Å². The van der Waals surface area contributed by atoms with Gasteiger partial charge in [-0.25, -0.2) is 4.98 Å². The molecular weight excluding hydrogens is 378 g/mol. The lowest BCUT2D eigenvalue weighted by Gasteiger charge is -2.13. The topological polar surface area (TPSA) is 87.6 Å². The predicted octanol–water partition coefficient (Wildman–Crippen LogP) is 2.16. The molecule has 0 bridgehead atoms. The van der Waals surface area contributed by atoms with E-state index < -0.39 is 0 Å². The van der Waals surface area contributed by atoms with Crippen LogP contribution in [0, 0.1) is 0 Å². The minimum Gasteiger partial charge on any atom is -0.484 e. The van der Waals surface area contributed by atoms with Gasteiger partial charge in [0, 0.05) is 32.9 Å². The van der Waals surface area contributed by atoms with Crippen LogP contribution in [0.1, 0.15) is 18.1 Å². The van der Waals surface area contributed by atoms with Gasteiger partial charge >= 0.3 is 0 Å². The van der Waals surface area contributed by atoms with Gasteiger partial charge in [-0.15, -0.1) is 0 Å². The Hall–Kier alpha value is -2.80. The van der Waals surface area contributed by atoms with Crippen LogP contribution in [0.4, 0.5) is 0 Å². The standard InChI is InChI=1S/C20H26ClN5O2/c1-3-23-19(27)14-28-17-6-4-5-16(11-17)13-26-20(22-2)24-10-9-15-7-8-18(21)25-12-15/h4-8,11-12H,3,9-10,13-14H2,1-2H3,(H,23,27)(H2,22,24,26). The van der Waals surface area contributed by atoms with Gasteiger partial charge in [0.2, 0.25) is 0 Å². The highest BCUT2D eigenvalue weighted by Crippen LogP contribution is 2.13. The fourth-order valence-electron chi connectivity index (χ4n) is 2.43. The Kier molecular flexibility index (Phi) is 9.07. The van der Waals surface area contributed by atoms with Gasteiger partial charge in [-0.3, -0.25) is 9.79 Å².